The van der Waals surface area contributed by atoms with Gasteiger partial charge in [0, 0.05) is 12.7 Å². The second kappa shape index (κ2) is 6.22. The van der Waals surface area contributed by atoms with Crippen molar-refractivity contribution in [1.82, 2.24) is 14.5 Å². The lowest BCUT2D eigenvalue weighted by Gasteiger charge is -2.22. The van der Waals surface area contributed by atoms with Crippen LogP contribution in [0.2, 0.25) is 0 Å². The Hall–Kier alpha value is -2.30. The van der Waals surface area contributed by atoms with Crippen LogP contribution >= 0.6 is 0 Å². The van der Waals surface area contributed by atoms with Crippen LogP contribution in [0.25, 0.3) is 0 Å². The number of hydrogen-bond donors (Lipinski definition) is 0. The Kier molecular flexibility index (Phi) is 4.13. The number of rotatable bonds is 5. The van der Waals surface area contributed by atoms with E-state index in [1.807, 2.05) is 42.9 Å². The third-order valence-corrected chi connectivity index (χ3v) is 3.85. The number of hydrogen-bond acceptors (Lipinski definition) is 3. The third-order valence-electron chi connectivity index (χ3n) is 3.85. The number of carbonyl (C=O) groups is 1. The summed E-state index contributed by atoms with van der Waals surface area (Å²) in [7, 11) is 0. The van der Waals surface area contributed by atoms with Crippen molar-refractivity contribution in [1.29, 1.82) is 0 Å². The van der Waals surface area contributed by atoms with Gasteiger partial charge in [-0.1, -0.05) is 44.2 Å². The molecule has 116 valence electrons. The molecule has 5 nitrogen and oxygen atoms in total. The van der Waals surface area contributed by atoms with Gasteiger partial charge in [-0.2, -0.15) is 0 Å². The van der Waals surface area contributed by atoms with Gasteiger partial charge >= 0.3 is 6.09 Å². The lowest BCUT2D eigenvalue weighted by Crippen LogP contribution is -2.28. The van der Waals surface area contributed by atoms with E-state index in [9.17, 15) is 4.79 Å². The van der Waals surface area contributed by atoms with Crippen LogP contribution in [-0.4, -0.2) is 27.2 Å². The van der Waals surface area contributed by atoms with Crippen LogP contribution in [0.5, 0.6) is 0 Å². The summed E-state index contributed by atoms with van der Waals surface area (Å²) in [6, 6.07) is 9.98. The van der Waals surface area contributed by atoms with Gasteiger partial charge in [-0.25, -0.2) is 9.78 Å². The molecule has 2 heterocycles. The highest BCUT2D eigenvalue weighted by molar-refractivity contribution is 5.70. The van der Waals surface area contributed by atoms with Crippen LogP contribution in [0, 0.1) is 5.92 Å². The largest absolute Gasteiger partial charge is 0.447 e. The minimum Gasteiger partial charge on any atom is -0.447 e. The molecule has 1 aromatic carbocycles. The first-order valence-electron chi connectivity index (χ1n) is 7.62. The van der Waals surface area contributed by atoms with Gasteiger partial charge in [0.1, 0.15) is 6.61 Å². The van der Waals surface area contributed by atoms with E-state index in [2.05, 4.69) is 23.4 Å². The Morgan fingerprint density at radius 1 is 1.32 bits per heavy atom. The standard InChI is InChI=1S/C17H21N3O2/c1-13(2)9-19-12-18-8-15(19)10-20-16(11-22-17(20)21)14-6-4-3-5-7-14/h3-8,12-13,16H,9-11H2,1-2H3/t16-/m1/s1. The molecule has 0 bridgehead atoms. The van der Waals surface area contributed by atoms with Crippen molar-refractivity contribution < 1.29 is 9.53 Å². The van der Waals surface area contributed by atoms with Gasteiger partial charge in [0.2, 0.25) is 0 Å². The predicted molar refractivity (Wildman–Crippen MR) is 83.1 cm³/mol. The number of ether oxygens (including phenoxy) is 1. The fourth-order valence-electron chi connectivity index (χ4n) is 2.79. The van der Waals surface area contributed by atoms with E-state index < -0.39 is 0 Å². The van der Waals surface area contributed by atoms with Crippen molar-refractivity contribution in [2.45, 2.75) is 33.0 Å². The molecule has 1 atom stereocenters. The summed E-state index contributed by atoms with van der Waals surface area (Å²) in [4.78, 5) is 18.1. The summed E-state index contributed by atoms with van der Waals surface area (Å²) in [5.74, 6) is 0.531. The smallest absolute Gasteiger partial charge is 0.410 e. The summed E-state index contributed by atoms with van der Waals surface area (Å²) >= 11 is 0. The van der Waals surface area contributed by atoms with E-state index in [0.717, 1.165) is 17.8 Å². The number of carbonyl (C=O) groups excluding carboxylic acids is 1. The van der Waals surface area contributed by atoms with Crippen LogP contribution in [0.4, 0.5) is 4.79 Å². The lowest BCUT2D eigenvalue weighted by molar-refractivity contribution is 0.155. The predicted octanol–water partition coefficient (Wildman–Crippen LogP) is 3.23. The molecule has 0 radical (unpaired) electrons. The summed E-state index contributed by atoms with van der Waals surface area (Å²) < 4.78 is 7.37. The molecule has 2 aromatic rings. The maximum atomic E-state index is 12.1. The SMILES string of the molecule is CC(C)Cn1cncc1CN1C(=O)OC[C@@H]1c1ccccc1. The number of nitrogens with zero attached hydrogens (tertiary/aromatic N) is 3. The van der Waals surface area contributed by atoms with Crippen LogP contribution in [0.15, 0.2) is 42.9 Å². The van der Waals surface area contributed by atoms with Gasteiger partial charge in [0.25, 0.3) is 0 Å². The minimum atomic E-state index is -0.258. The van der Waals surface area contributed by atoms with E-state index in [1.165, 1.54) is 0 Å². The Balaban J connectivity index is 1.80. The molecule has 0 N–H and O–H groups in total. The highest BCUT2D eigenvalue weighted by Crippen LogP contribution is 2.29. The Morgan fingerprint density at radius 3 is 2.82 bits per heavy atom. The third kappa shape index (κ3) is 2.98. The molecule has 1 fully saturated rings. The molecular formula is C17H21N3O2. The average Bonchev–Trinajstić information content (AvgIpc) is 3.08. The molecule has 0 saturated carbocycles. The maximum Gasteiger partial charge on any atom is 0.410 e. The zero-order valence-corrected chi connectivity index (χ0v) is 13.0. The van der Waals surface area contributed by atoms with Crippen molar-refractivity contribution in [2.24, 2.45) is 5.92 Å². The van der Waals surface area contributed by atoms with Crippen LogP contribution in [-0.2, 0) is 17.8 Å². The van der Waals surface area contributed by atoms with E-state index >= 15 is 0 Å². The monoisotopic (exact) mass is 299 g/mol. The highest BCUT2D eigenvalue weighted by Gasteiger charge is 2.34. The van der Waals surface area contributed by atoms with Gasteiger partial charge in [0.05, 0.1) is 24.6 Å². The minimum absolute atomic E-state index is 0.0314. The highest BCUT2D eigenvalue weighted by atomic mass is 16.6. The van der Waals surface area contributed by atoms with Gasteiger partial charge < -0.3 is 9.30 Å². The van der Waals surface area contributed by atoms with Gasteiger partial charge in [-0.15, -0.1) is 0 Å². The van der Waals surface area contributed by atoms with Gasteiger partial charge in [-0.3, -0.25) is 4.90 Å². The summed E-state index contributed by atoms with van der Waals surface area (Å²) in [6.07, 6.45) is 3.40. The van der Waals surface area contributed by atoms with E-state index in [-0.39, 0.29) is 12.1 Å². The van der Waals surface area contributed by atoms with E-state index in [4.69, 9.17) is 4.74 Å². The fraction of sp³-hybridized carbons (Fsp3) is 0.412. The number of benzene rings is 1. The Labute approximate surface area is 130 Å². The molecule has 1 aliphatic heterocycles. The molecule has 1 amide bonds. The lowest BCUT2D eigenvalue weighted by atomic mass is 10.1. The number of amides is 1. The summed E-state index contributed by atoms with van der Waals surface area (Å²) in [5, 5.41) is 0. The quantitative estimate of drug-likeness (QED) is 0.851. The molecule has 0 spiro atoms. The molecule has 1 saturated heterocycles. The van der Waals surface area contributed by atoms with Gasteiger partial charge in [-0.05, 0) is 11.5 Å². The van der Waals surface area contributed by atoms with Crippen molar-refractivity contribution in [2.75, 3.05) is 6.61 Å². The fourth-order valence-corrected chi connectivity index (χ4v) is 2.79. The van der Waals surface area contributed by atoms with Crippen LogP contribution < -0.4 is 0 Å². The second-order valence-electron chi connectivity index (χ2n) is 6.06. The second-order valence-corrected chi connectivity index (χ2v) is 6.06. The molecule has 5 heteroatoms. The number of cyclic esters (lactones) is 1. The first kappa shape index (κ1) is 14.6. The van der Waals surface area contributed by atoms with E-state index in [0.29, 0.717) is 19.1 Å². The zero-order valence-electron chi connectivity index (χ0n) is 13.0. The van der Waals surface area contributed by atoms with Crippen molar-refractivity contribution in [3.05, 3.63) is 54.1 Å². The number of imidazole rings is 1. The molecule has 22 heavy (non-hydrogen) atoms. The molecule has 3 rings (SSSR count). The normalized spacial score (nSPS) is 18.0. The van der Waals surface area contributed by atoms with Crippen LogP contribution in [0.3, 0.4) is 0 Å². The van der Waals surface area contributed by atoms with Crippen molar-refractivity contribution in [3.63, 3.8) is 0 Å². The number of aromatic nitrogens is 2. The average molecular weight is 299 g/mol. The first-order chi connectivity index (χ1) is 10.6. The Morgan fingerprint density at radius 2 is 2.09 bits per heavy atom. The Bertz CT molecular complexity index is 636. The molecule has 0 unspecified atom stereocenters. The molecular weight excluding hydrogens is 278 g/mol. The zero-order chi connectivity index (χ0) is 15.5. The van der Waals surface area contributed by atoms with Crippen molar-refractivity contribution >= 4 is 6.09 Å². The molecule has 1 aromatic heterocycles. The van der Waals surface area contributed by atoms with Crippen molar-refractivity contribution in [3.8, 4) is 0 Å². The van der Waals surface area contributed by atoms with E-state index in [1.54, 1.807) is 4.90 Å². The summed E-state index contributed by atoms with van der Waals surface area (Å²) in [6.45, 7) is 6.15. The maximum absolute atomic E-state index is 12.1. The topological polar surface area (TPSA) is 47.4 Å². The van der Waals surface area contributed by atoms with Gasteiger partial charge in [0.15, 0.2) is 0 Å². The molecule has 1 aliphatic rings. The van der Waals surface area contributed by atoms with Crippen LogP contribution in [0.1, 0.15) is 31.1 Å². The summed E-state index contributed by atoms with van der Waals surface area (Å²) in [5.41, 5.74) is 2.14. The first-order valence-corrected chi connectivity index (χ1v) is 7.62. The molecule has 0 aliphatic carbocycles.